The minimum absolute atomic E-state index is 0.111. The molecular formula is C33H43N6O10P. The molecule has 4 atom stereocenters. The number of nitrogen functional groups attached to an aromatic ring is 1. The first-order chi connectivity index (χ1) is 23.5. The number of para-hydroxylation sites is 1. The van der Waals surface area contributed by atoms with Crippen molar-refractivity contribution >= 4 is 37.0 Å². The van der Waals surface area contributed by atoms with Crippen LogP contribution in [-0.4, -0.2) is 70.6 Å². The molecule has 17 heteroatoms. The van der Waals surface area contributed by atoms with Gasteiger partial charge in [-0.1, -0.05) is 45.9 Å². The lowest BCUT2D eigenvalue weighted by molar-refractivity contribution is -0.191. The van der Waals surface area contributed by atoms with Crippen LogP contribution in [0.25, 0.3) is 5.52 Å². The molecule has 50 heavy (non-hydrogen) atoms. The normalized spacial score (nSPS) is 21.8. The number of benzene rings is 1. The fraction of sp³-hybridized carbons (Fsp3) is 0.515. The van der Waals surface area contributed by atoms with Gasteiger partial charge in [0.05, 0.1) is 29.6 Å². The molecule has 1 aromatic carbocycles. The van der Waals surface area contributed by atoms with E-state index in [0.29, 0.717) is 5.52 Å². The van der Waals surface area contributed by atoms with E-state index in [9.17, 15) is 24.2 Å². The summed E-state index contributed by atoms with van der Waals surface area (Å²) in [5, 5.41) is 17.7. The molecule has 4 rings (SSSR count). The van der Waals surface area contributed by atoms with Crippen molar-refractivity contribution in [1.82, 2.24) is 19.7 Å². The highest BCUT2D eigenvalue weighted by atomic mass is 31.2. The van der Waals surface area contributed by atoms with Gasteiger partial charge in [0.25, 0.3) is 0 Å². The maximum Gasteiger partial charge on any atom is 0.458 e. The molecule has 1 fully saturated rings. The molecule has 0 saturated carbocycles. The molecule has 16 nitrogen and oxygen atoms in total. The number of carbonyl (C=O) groups excluding carboxylic acids is 3. The quantitative estimate of drug-likeness (QED) is 0.105. The van der Waals surface area contributed by atoms with Gasteiger partial charge in [0.1, 0.15) is 36.9 Å². The molecule has 3 aromatic rings. The Bertz CT molecular complexity index is 1790. The van der Waals surface area contributed by atoms with E-state index in [4.69, 9.17) is 33.7 Å². The van der Waals surface area contributed by atoms with Crippen LogP contribution in [0.4, 0.5) is 5.82 Å². The van der Waals surface area contributed by atoms with Gasteiger partial charge < -0.3 is 29.2 Å². The van der Waals surface area contributed by atoms with Gasteiger partial charge in [-0.15, -0.1) is 0 Å². The number of nitriles is 1. The second kappa shape index (κ2) is 15.1. The van der Waals surface area contributed by atoms with Gasteiger partial charge in [0.15, 0.2) is 11.9 Å². The summed E-state index contributed by atoms with van der Waals surface area (Å²) < 4.78 is 50.8. The molecule has 0 spiro atoms. The average molecular weight is 715 g/mol. The molecule has 0 bridgehead atoms. The number of nitrogens with one attached hydrogen (secondary N) is 1. The molecular weight excluding hydrogens is 671 g/mol. The van der Waals surface area contributed by atoms with Crippen molar-refractivity contribution in [3.63, 3.8) is 0 Å². The van der Waals surface area contributed by atoms with Crippen LogP contribution in [0.5, 0.6) is 5.75 Å². The predicted molar refractivity (Wildman–Crippen MR) is 178 cm³/mol. The molecule has 0 aliphatic carbocycles. The molecule has 1 aliphatic rings. The van der Waals surface area contributed by atoms with Crippen LogP contribution in [0.15, 0.2) is 48.8 Å². The maximum atomic E-state index is 14.3. The minimum atomic E-state index is -4.38. The number of fused-ring (bicyclic) bond motifs is 1. The second-order valence-electron chi connectivity index (χ2n) is 13.4. The number of rotatable bonds is 14. The monoisotopic (exact) mass is 714 g/mol. The molecule has 3 N–H and O–H groups in total. The topological polar surface area (TPSA) is 216 Å². The van der Waals surface area contributed by atoms with E-state index >= 15 is 0 Å². The SMILES string of the molecule is CC(C)C(=O)O[C@@H]1[C@@](C#N)(COP(=O)(NCCOC(=O)C(C)(C)C)Oc2ccccc2)OC[C@]1(OC(=O)C(C)C)c1ccc2c(N)ncnn12. The van der Waals surface area contributed by atoms with Gasteiger partial charge in [0, 0.05) is 6.54 Å². The Kier molecular flexibility index (Phi) is 11.6. The summed E-state index contributed by atoms with van der Waals surface area (Å²) in [4.78, 5) is 42.9. The maximum absolute atomic E-state index is 14.3. The third-order valence-electron chi connectivity index (χ3n) is 7.63. The van der Waals surface area contributed by atoms with Crippen molar-refractivity contribution in [2.24, 2.45) is 17.3 Å². The van der Waals surface area contributed by atoms with E-state index < -0.39 is 73.4 Å². The third kappa shape index (κ3) is 8.24. The Morgan fingerprint density at radius 3 is 2.42 bits per heavy atom. The van der Waals surface area contributed by atoms with Crippen LogP contribution >= 0.6 is 7.75 Å². The van der Waals surface area contributed by atoms with E-state index in [1.165, 1.54) is 10.8 Å². The Labute approximate surface area is 290 Å². The number of aromatic nitrogens is 3. The zero-order valence-electron chi connectivity index (χ0n) is 29.1. The van der Waals surface area contributed by atoms with E-state index in [-0.39, 0.29) is 30.4 Å². The summed E-state index contributed by atoms with van der Waals surface area (Å²) >= 11 is 0. The van der Waals surface area contributed by atoms with Gasteiger partial charge in [-0.3, -0.25) is 18.9 Å². The van der Waals surface area contributed by atoms with Crippen LogP contribution in [0.1, 0.15) is 54.2 Å². The molecule has 270 valence electrons. The van der Waals surface area contributed by atoms with Crippen molar-refractivity contribution in [2.45, 2.75) is 65.8 Å². The first-order valence-electron chi connectivity index (χ1n) is 16.0. The van der Waals surface area contributed by atoms with Crippen LogP contribution in [-0.2, 0) is 48.0 Å². The number of esters is 3. The smallest absolute Gasteiger partial charge is 0.458 e. The highest BCUT2D eigenvalue weighted by molar-refractivity contribution is 7.52. The number of carbonyl (C=O) groups is 3. The van der Waals surface area contributed by atoms with Gasteiger partial charge in [0.2, 0.25) is 11.2 Å². The van der Waals surface area contributed by atoms with Gasteiger partial charge in [-0.2, -0.15) is 10.4 Å². The van der Waals surface area contributed by atoms with E-state index in [2.05, 4.69) is 15.2 Å². The summed E-state index contributed by atoms with van der Waals surface area (Å²) in [7, 11) is -4.38. The standard InChI is InChI=1S/C33H43N6O10P/c1-21(2)27(40)47-29-32(17-34,18-46-50(43,49-23-11-9-8-10-12-23)38-15-16-44-30(42)31(5,6)7)45-19-33(29,48-28(41)22(3)4)25-14-13-24-26(35)36-20-37-39(24)25/h8-14,20-22,29H,15-16,18-19H2,1-7H3,(H,38,43)(H2,35,36,37)/t29-,32-,33+,50?/m1/s1. The summed E-state index contributed by atoms with van der Waals surface area (Å²) in [5.74, 6) is -2.98. The molecule has 3 heterocycles. The Morgan fingerprint density at radius 1 is 1.12 bits per heavy atom. The van der Waals surface area contributed by atoms with Crippen molar-refractivity contribution in [2.75, 3.05) is 32.1 Å². The van der Waals surface area contributed by atoms with Crippen LogP contribution in [0.2, 0.25) is 0 Å². The number of hydrogen-bond donors (Lipinski definition) is 2. The molecule has 2 aromatic heterocycles. The number of nitrogens with zero attached hydrogens (tertiary/aromatic N) is 4. The first kappa shape index (κ1) is 38.3. The number of ether oxygens (including phenoxy) is 4. The van der Waals surface area contributed by atoms with E-state index in [1.54, 1.807) is 90.9 Å². The zero-order chi connectivity index (χ0) is 36.9. The van der Waals surface area contributed by atoms with E-state index in [0.717, 1.165) is 0 Å². The van der Waals surface area contributed by atoms with Gasteiger partial charge >= 0.3 is 25.7 Å². The lowest BCUT2D eigenvalue weighted by atomic mass is 9.85. The summed E-state index contributed by atoms with van der Waals surface area (Å²) in [6.07, 6.45) is -0.498. The summed E-state index contributed by atoms with van der Waals surface area (Å²) in [6, 6.07) is 13.3. The molecule has 1 unspecified atom stereocenters. The fourth-order valence-corrected chi connectivity index (χ4v) is 6.14. The van der Waals surface area contributed by atoms with Crippen molar-refractivity contribution in [3.8, 4) is 11.8 Å². The van der Waals surface area contributed by atoms with Crippen molar-refractivity contribution < 1.29 is 46.9 Å². The van der Waals surface area contributed by atoms with Crippen molar-refractivity contribution in [3.05, 3.63) is 54.5 Å². The summed E-state index contributed by atoms with van der Waals surface area (Å²) in [5.41, 5.74) is 1.64. The number of hydrogen-bond acceptors (Lipinski definition) is 14. The highest BCUT2D eigenvalue weighted by Gasteiger charge is 2.67. The molecule has 1 saturated heterocycles. The van der Waals surface area contributed by atoms with Crippen LogP contribution in [0, 0.1) is 28.6 Å². The van der Waals surface area contributed by atoms with E-state index in [1.807, 2.05) is 6.07 Å². The Hall–Kier alpha value is -4.55. The minimum Gasteiger partial charge on any atom is -0.464 e. The average Bonchev–Trinajstić information content (AvgIpc) is 3.63. The second-order valence-corrected chi connectivity index (χ2v) is 15.1. The highest BCUT2D eigenvalue weighted by Crippen LogP contribution is 2.50. The van der Waals surface area contributed by atoms with Crippen LogP contribution < -0.4 is 15.3 Å². The third-order valence-corrected chi connectivity index (χ3v) is 9.16. The lowest BCUT2D eigenvalue weighted by Crippen LogP contribution is -2.55. The number of anilines is 1. The predicted octanol–water partition coefficient (Wildman–Crippen LogP) is 3.95. The zero-order valence-corrected chi connectivity index (χ0v) is 30.0. The lowest BCUT2D eigenvalue weighted by Gasteiger charge is -2.37. The molecule has 1 aliphatic heterocycles. The fourth-order valence-electron chi connectivity index (χ4n) is 4.81. The Balaban J connectivity index is 1.76. The number of nitrogens with two attached hydrogens (primary N) is 1. The molecule has 0 radical (unpaired) electrons. The summed E-state index contributed by atoms with van der Waals surface area (Å²) in [6.45, 7) is 9.82. The molecule has 0 amide bonds. The Morgan fingerprint density at radius 2 is 1.80 bits per heavy atom. The van der Waals surface area contributed by atoms with Crippen molar-refractivity contribution in [1.29, 1.82) is 5.26 Å². The van der Waals surface area contributed by atoms with Gasteiger partial charge in [-0.25, -0.2) is 19.2 Å². The van der Waals surface area contributed by atoms with Crippen LogP contribution in [0.3, 0.4) is 0 Å². The first-order valence-corrected chi connectivity index (χ1v) is 17.5. The largest absolute Gasteiger partial charge is 0.464 e. The van der Waals surface area contributed by atoms with Gasteiger partial charge in [-0.05, 0) is 45.0 Å².